The molecule has 63 heavy (non-hydrogen) atoms. The number of ether oxygens (including phenoxy) is 7. The Labute approximate surface area is 365 Å². The lowest BCUT2D eigenvalue weighted by Gasteiger charge is -2.37. The van der Waals surface area contributed by atoms with E-state index < -0.39 is 71.8 Å². The first-order valence-electron chi connectivity index (χ1n) is 20.8. The fourth-order valence-electron chi connectivity index (χ4n) is 7.88. The van der Waals surface area contributed by atoms with Crippen LogP contribution in [0.25, 0.3) is 10.9 Å². The van der Waals surface area contributed by atoms with Crippen molar-refractivity contribution >= 4 is 40.6 Å². The summed E-state index contributed by atoms with van der Waals surface area (Å²) in [4.78, 5) is 75.4. The summed E-state index contributed by atoms with van der Waals surface area (Å²) in [7, 11) is 1.40. The minimum absolute atomic E-state index is 0.0485. The maximum absolute atomic E-state index is 16.6. The Hall–Kier alpha value is -6.17. The Kier molecular flexibility index (Phi) is 14.3. The first kappa shape index (κ1) is 46.3. The molecule has 17 heteroatoms. The van der Waals surface area contributed by atoms with Crippen LogP contribution in [0.4, 0.5) is 14.9 Å². The highest BCUT2D eigenvalue weighted by molar-refractivity contribution is 5.98. The van der Waals surface area contributed by atoms with Crippen LogP contribution in [0, 0.1) is 43.3 Å². The van der Waals surface area contributed by atoms with Crippen molar-refractivity contribution in [3.63, 3.8) is 0 Å². The molecule has 0 N–H and O–H groups in total. The number of benzene rings is 1. The Morgan fingerprint density at radius 1 is 0.968 bits per heavy atom. The zero-order valence-electron chi connectivity index (χ0n) is 36.6. The largest absolute Gasteiger partial charge is 0.492 e. The molecular formula is C46H53FN4O12. The number of terminal acetylenes is 2. The molecule has 2 aliphatic heterocycles. The molecule has 3 fully saturated rings. The number of carbonyl (C=O) groups is 4. The first-order chi connectivity index (χ1) is 30.0. The summed E-state index contributed by atoms with van der Waals surface area (Å²) in [5.41, 5.74) is -0.954. The normalized spacial score (nSPS) is 18.1. The topological polar surface area (TPSA) is 174 Å². The minimum atomic E-state index is -1.10. The summed E-state index contributed by atoms with van der Waals surface area (Å²) in [6.45, 7) is 9.98. The molecule has 0 bridgehead atoms. The summed E-state index contributed by atoms with van der Waals surface area (Å²) in [6.07, 6.45) is 13.8. The van der Waals surface area contributed by atoms with E-state index in [0.717, 1.165) is 31.7 Å². The second-order valence-corrected chi connectivity index (χ2v) is 16.8. The minimum Gasteiger partial charge on any atom is -0.492 e. The van der Waals surface area contributed by atoms with Gasteiger partial charge >= 0.3 is 24.0 Å². The van der Waals surface area contributed by atoms with Crippen molar-refractivity contribution in [3.05, 3.63) is 56.9 Å². The molecular weight excluding hydrogens is 820 g/mol. The van der Waals surface area contributed by atoms with Gasteiger partial charge in [0.1, 0.15) is 43.3 Å². The number of fused-ring (bicyclic) bond motifs is 2. The maximum Gasteiger partial charge on any atom is 0.410 e. The molecule has 2 saturated heterocycles. The number of aryl methyl sites for hydroxylation is 1. The molecule has 16 nitrogen and oxygen atoms in total. The lowest BCUT2D eigenvalue weighted by molar-refractivity contribution is -0.158. The molecule has 1 amide bonds. The zero-order chi connectivity index (χ0) is 45.7. The highest BCUT2D eigenvalue weighted by Crippen LogP contribution is 2.46. The monoisotopic (exact) mass is 872 g/mol. The third kappa shape index (κ3) is 10.4. The summed E-state index contributed by atoms with van der Waals surface area (Å²) >= 11 is 0. The van der Waals surface area contributed by atoms with Gasteiger partial charge in [0.15, 0.2) is 29.5 Å². The Bertz CT molecular complexity index is 2410. The lowest BCUT2D eigenvalue weighted by atomic mass is 9.92. The van der Waals surface area contributed by atoms with Crippen LogP contribution in [-0.2, 0) is 46.5 Å². The van der Waals surface area contributed by atoms with Gasteiger partial charge in [-0.1, -0.05) is 11.8 Å². The fourth-order valence-corrected chi connectivity index (χ4v) is 7.88. The molecule has 4 heterocycles. The number of piperidine rings is 1. The summed E-state index contributed by atoms with van der Waals surface area (Å²) in [5.74, 6) is 1.18. The Balaban J connectivity index is 1.35. The number of halogens is 1. The van der Waals surface area contributed by atoms with Crippen LogP contribution in [0.1, 0.15) is 93.5 Å². The van der Waals surface area contributed by atoms with Gasteiger partial charge in [-0.25, -0.2) is 23.6 Å². The second kappa shape index (κ2) is 19.5. The third-order valence-corrected chi connectivity index (χ3v) is 11.1. The number of pyridine rings is 2. The molecule has 2 aromatic heterocycles. The van der Waals surface area contributed by atoms with Gasteiger partial charge in [-0.2, -0.15) is 0 Å². The third-order valence-electron chi connectivity index (χ3n) is 11.1. The summed E-state index contributed by atoms with van der Waals surface area (Å²) in [6, 6.07) is 0.746. The van der Waals surface area contributed by atoms with E-state index in [0.29, 0.717) is 25.2 Å². The van der Waals surface area contributed by atoms with Crippen LogP contribution in [0.5, 0.6) is 11.5 Å². The Morgan fingerprint density at radius 3 is 2.22 bits per heavy atom. The molecule has 6 rings (SSSR count). The molecule has 336 valence electrons. The van der Waals surface area contributed by atoms with E-state index in [1.807, 2.05) is 25.7 Å². The molecule has 1 saturated carbocycles. The molecule has 1 aromatic carbocycles. The molecule has 3 aromatic rings. The van der Waals surface area contributed by atoms with Crippen molar-refractivity contribution in [1.82, 2.24) is 14.5 Å². The molecule has 0 radical (unpaired) electrons. The predicted molar refractivity (Wildman–Crippen MR) is 227 cm³/mol. The molecule has 0 spiro atoms. The number of carbonyl (C=O) groups excluding carboxylic acids is 4. The van der Waals surface area contributed by atoms with Gasteiger partial charge in [0.2, 0.25) is 5.43 Å². The SMILES string of the molecule is C#CCOC(C)C(=O)OCc1cnc(C)c(OC(=O)c2cn(C3CC3)c3c(OC)c(N4CC5CCCN(C(=O)OC(C)(C)C)C5C4)c(F)cc3c2=O)c1COC(=O)C(C)OCC#C. The quantitative estimate of drug-likeness (QED) is 0.108. The number of esters is 3. The van der Waals surface area contributed by atoms with Crippen LogP contribution in [0.15, 0.2) is 23.3 Å². The van der Waals surface area contributed by atoms with Crippen molar-refractivity contribution in [2.75, 3.05) is 44.9 Å². The van der Waals surface area contributed by atoms with E-state index in [4.69, 9.17) is 46.0 Å². The molecule has 1 aliphatic carbocycles. The van der Waals surface area contributed by atoms with Gasteiger partial charge in [-0.3, -0.25) is 9.78 Å². The van der Waals surface area contributed by atoms with Crippen LogP contribution in [-0.4, -0.2) is 102 Å². The number of likely N-dealkylation sites (tertiary alicyclic amines) is 1. The van der Waals surface area contributed by atoms with E-state index in [1.54, 1.807) is 9.47 Å². The van der Waals surface area contributed by atoms with E-state index in [2.05, 4.69) is 16.8 Å². The van der Waals surface area contributed by atoms with E-state index in [-0.39, 0.29) is 70.6 Å². The van der Waals surface area contributed by atoms with Gasteiger partial charge in [-0.15, -0.1) is 12.8 Å². The zero-order valence-corrected chi connectivity index (χ0v) is 36.6. The summed E-state index contributed by atoms with van der Waals surface area (Å²) < 4.78 is 57.5. The average molecular weight is 873 g/mol. The maximum atomic E-state index is 16.6. The smallest absolute Gasteiger partial charge is 0.410 e. The van der Waals surface area contributed by atoms with E-state index in [9.17, 15) is 24.0 Å². The van der Waals surface area contributed by atoms with E-state index in [1.165, 1.54) is 40.3 Å². The van der Waals surface area contributed by atoms with Crippen molar-refractivity contribution in [1.29, 1.82) is 0 Å². The number of methoxy groups -OCH3 is 1. The first-order valence-corrected chi connectivity index (χ1v) is 20.8. The lowest BCUT2D eigenvalue weighted by Crippen LogP contribution is -2.50. The van der Waals surface area contributed by atoms with Crippen molar-refractivity contribution in [2.24, 2.45) is 5.92 Å². The molecule has 4 unspecified atom stereocenters. The van der Waals surface area contributed by atoms with Gasteiger partial charge in [-0.05, 0) is 79.2 Å². The predicted octanol–water partition coefficient (Wildman–Crippen LogP) is 5.41. The number of rotatable bonds is 15. The number of nitrogens with zero attached hydrogens (tertiary/aromatic N) is 4. The standard InChI is InChI=1S/C46H53FN4O12/c1-10-17-58-27(4)42(53)60-24-30-20-48-26(3)40(34(30)25-61-43(54)28(5)59-18-11-2)62-44(55)33-22-51(31-14-15-31)37-32(39(33)52)19-35(47)38(41(37)57-9)49-21-29-13-12-16-50(36(29)23-49)45(56)63-46(6,7)8/h1-2,19-20,22,27-29,31,36H,12-18,21,23-25H2,3-9H3. The van der Waals surface area contributed by atoms with Gasteiger partial charge in [0.05, 0.1) is 29.7 Å². The van der Waals surface area contributed by atoms with Crippen LogP contribution >= 0.6 is 0 Å². The number of aromatic nitrogens is 2. The van der Waals surface area contributed by atoms with Gasteiger partial charge in [0, 0.05) is 49.2 Å². The molecule has 3 aliphatic rings. The number of amides is 1. The summed E-state index contributed by atoms with van der Waals surface area (Å²) in [5, 5.41) is -0.103. The highest BCUT2D eigenvalue weighted by atomic mass is 19.1. The van der Waals surface area contributed by atoms with Crippen LogP contribution in [0.3, 0.4) is 0 Å². The Morgan fingerprint density at radius 2 is 1.62 bits per heavy atom. The van der Waals surface area contributed by atoms with Gasteiger partial charge in [0.25, 0.3) is 0 Å². The van der Waals surface area contributed by atoms with Crippen molar-refractivity contribution in [2.45, 2.75) is 110 Å². The van der Waals surface area contributed by atoms with Crippen LogP contribution < -0.4 is 19.8 Å². The molecule has 4 atom stereocenters. The van der Waals surface area contributed by atoms with Crippen molar-refractivity contribution < 1.29 is 56.7 Å². The van der Waals surface area contributed by atoms with Crippen molar-refractivity contribution in [3.8, 4) is 36.2 Å². The highest BCUT2D eigenvalue weighted by Gasteiger charge is 2.44. The second-order valence-electron chi connectivity index (χ2n) is 16.8. The van der Waals surface area contributed by atoms with Crippen LogP contribution in [0.2, 0.25) is 0 Å². The number of hydrogen-bond acceptors (Lipinski definition) is 14. The van der Waals surface area contributed by atoms with Gasteiger partial charge < -0.3 is 47.5 Å². The fraction of sp³-hybridized carbons (Fsp3) is 0.522. The number of hydrogen-bond donors (Lipinski definition) is 0. The van der Waals surface area contributed by atoms with E-state index >= 15 is 4.39 Å². The number of anilines is 1. The average Bonchev–Trinajstić information content (AvgIpc) is 4.00.